The van der Waals surface area contributed by atoms with Crippen LogP contribution in [0.4, 0.5) is 0 Å². The van der Waals surface area contributed by atoms with E-state index in [1.54, 1.807) is 43.6 Å². The molecule has 0 aliphatic heterocycles. The lowest BCUT2D eigenvalue weighted by Crippen LogP contribution is -2.38. The monoisotopic (exact) mass is 287 g/mol. The highest BCUT2D eigenvalue weighted by Gasteiger charge is 2.37. The first-order chi connectivity index (χ1) is 10.0. The lowest BCUT2D eigenvalue weighted by Gasteiger charge is -2.24. The molecular formula is C15H17N3O3. The fraction of sp³-hybridized carbons (Fsp3) is 0.267. The third kappa shape index (κ3) is 3.47. The Labute approximate surface area is 122 Å². The molecule has 21 heavy (non-hydrogen) atoms. The third-order valence-electron chi connectivity index (χ3n) is 3.40. The Balaban J connectivity index is 2.06. The van der Waals surface area contributed by atoms with Crippen LogP contribution in [0.1, 0.15) is 24.7 Å². The van der Waals surface area contributed by atoms with Crippen molar-refractivity contribution in [1.29, 1.82) is 0 Å². The summed E-state index contributed by atoms with van der Waals surface area (Å²) in [7, 11) is 0. The number of nitrogens with zero attached hydrogens (tertiary/aromatic N) is 1. The molecule has 2 aromatic rings. The predicted molar refractivity (Wildman–Crippen MR) is 76.5 cm³/mol. The fourth-order valence-corrected chi connectivity index (χ4v) is 2.07. The maximum atomic E-state index is 12.0. The molecule has 6 heteroatoms. The van der Waals surface area contributed by atoms with E-state index in [-0.39, 0.29) is 18.9 Å². The van der Waals surface area contributed by atoms with Gasteiger partial charge in [-0.05, 0) is 12.5 Å². The van der Waals surface area contributed by atoms with Gasteiger partial charge in [-0.15, -0.1) is 0 Å². The van der Waals surface area contributed by atoms with Crippen molar-refractivity contribution in [3.05, 3.63) is 54.1 Å². The van der Waals surface area contributed by atoms with Crippen molar-refractivity contribution in [3.63, 3.8) is 0 Å². The van der Waals surface area contributed by atoms with Crippen molar-refractivity contribution in [2.75, 3.05) is 0 Å². The summed E-state index contributed by atoms with van der Waals surface area (Å²) in [4.78, 5) is 30.5. The molecule has 0 aliphatic rings. The summed E-state index contributed by atoms with van der Waals surface area (Å²) in [5.74, 6) is -0.734. The number of benzene rings is 1. The number of aliphatic carboxylic acids is 1. The van der Waals surface area contributed by atoms with Gasteiger partial charge in [0.15, 0.2) is 0 Å². The van der Waals surface area contributed by atoms with Crippen molar-refractivity contribution in [2.45, 2.75) is 25.3 Å². The van der Waals surface area contributed by atoms with Gasteiger partial charge in [0, 0.05) is 18.8 Å². The largest absolute Gasteiger partial charge is 0.481 e. The summed E-state index contributed by atoms with van der Waals surface area (Å²) in [6, 6.07) is 8.76. The number of carboxylic acids is 1. The van der Waals surface area contributed by atoms with Gasteiger partial charge >= 0.3 is 5.97 Å². The summed E-state index contributed by atoms with van der Waals surface area (Å²) >= 11 is 0. The number of imidazole rings is 1. The lowest BCUT2D eigenvalue weighted by molar-refractivity contribution is -0.145. The van der Waals surface area contributed by atoms with E-state index in [1.165, 1.54) is 0 Å². The molecule has 1 amide bonds. The standard InChI is InChI=1S/C15H17N3O3/c1-15(14(20)21,11-5-3-2-4-6-11)9-13(19)18-10-12-16-7-8-17-12/h2-8H,9-10H2,1H3,(H,16,17)(H,18,19)(H,20,21). The Bertz CT molecular complexity index is 610. The first-order valence-corrected chi connectivity index (χ1v) is 6.56. The lowest BCUT2D eigenvalue weighted by atomic mass is 9.79. The summed E-state index contributed by atoms with van der Waals surface area (Å²) in [6.07, 6.45) is 3.12. The van der Waals surface area contributed by atoms with Gasteiger partial charge in [-0.3, -0.25) is 9.59 Å². The molecule has 3 N–H and O–H groups in total. The Morgan fingerprint density at radius 2 is 2.05 bits per heavy atom. The van der Waals surface area contributed by atoms with Gasteiger partial charge in [-0.25, -0.2) is 4.98 Å². The van der Waals surface area contributed by atoms with Gasteiger partial charge in [-0.2, -0.15) is 0 Å². The van der Waals surface area contributed by atoms with Crippen LogP contribution in [0.2, 0.25) is 0 Å². The minimum absolute atomic E-state index is 0.132. The number of hydrogen-bond donors (Lipinski definition) is 3. The Hall–Kier alpha value is -2.63. The zero-order valence-electron chi connectivity index (χ0n) is 11.7. The van der Waals surface area contributed by atoms with Gasteiger partial charge in [-0.1, -0.05) is 30.3 Å². The molecule has 1 atom stereocenters. The van der Waals surface area contributed by atoms with Crippen molar-refractivity contribution >= 4 is 11.9 Å². The molecule has 1 aromatic heterocycles. The summed E-state index contributed by atoms with van der Waals surface area (Å²) in [5, 5.41) is 12.2. The smallest absolute Gasteiger partial charge is 0.314 e. The van der Waals surface area contributed by atoms with Crippen molar-refractivity contribution in [1.82, 2.24) is 15.3 Å². The number of aromatic amines is 1. The van der Waals surface area contributed by atoms with Crippen LogP contribution in [-0.2, 0) is 21.5 Å². The van der Waals surface area contributed by atoms with E-state index in [9.17, 15) is 14.7 Å². The summed E-state index contributed by atoms with van der Waals surface area (Å²) < 4.78 is 0. The van der Waals surface area contributed by atoms with Crippen molar-refractivity contribution in [2.24, 2.45) is 0 Å². The van der Waals surface area contributed by atoms with Crippen LogP contribution < -0.4 is 5.32 Å². The first kappa shape index (κ1) is 14.8. The fourth-order valence-electron chi connectivity index (χ4n) is 2.07. The second kappa shape index (κ2) is 6.21. The van der Waals surface area contributed by atoms with Gasteiger partial charge < -0.3 is 15.4 Å². The molecule has 0 aliphatic carbocycles. The normalized spacial score (nSPS) is 13.4. The van der Waals surface area contributed by atoms with E-state index in [1.807, 2.05) is 6.07 Å². The summed E-state index contributed by atoms with van der Waals surface area (Å²) in [5.41, 5.74) is -0.653. The number of nitrogens with one attached hydrogen (secondary N) is 2. The number of rotatable bonds is 6. The van der Waals surface area contributed by atoms with E-state index in [4.69, 9.17) is 0 Å². The average Bonchev–Trinajstić information content (AvgIpc) is 2.99. The van der Waals surface area contributed by atoms with Crippen LogP contribution in [0.25, 0.3) is 0 Å². The first-order valence-electron chi connectivity index (χ1n) is 6.56. The Morgan fingerprint density at radius 1 is 1.33 bits per heavy atom. The zero-order chi connectivity index (χ0) is 15.3. The molecule has 110 valence electrons. The molecule has 0 saturated carbocycles. The molecular weight excluding hydrogens is 270 g/mol. The molecule has 1 heterocycles. The van der Waals surface area contributed by atoms with E-state index < -0.39 is 11.4 Å². The van der Waals surface area contributed by atoms with Crippen LogP contribution in [0.15, 0.2) is 42.7 Å². The highest BCUT2D eigenvalue weighted by molar-refractivity contribution is 5.89. The Morgan fingerprint density at radius 3 is 2.62 bits per heavy atom. The zero-order valence-corrected chi connectivity index (χ0v) is 11.7. The molecule has 0 saturated heterocycles. The van der Waals surface area contributed by atoms with Gasteiger partial charge in [0.1, 0.15) is 5.82 Å². The molecule has 0 radical (unpaired) electrons. The number of amides is 1. The number of carboxylic acid groups (broad SMARTS) is 1. The number of aromatic nitrogens is 2. The van der Waals surface area contributed by atoms with Gasteiger partial charge in [0.2, 0.25) is 5.91 Å². The quantitative estimate of drug-likeness (QED) is 0.749. The molecule has 0 fully saturated rings. The topological polar surface area (TPSA) is 95.1 Å². The maximum absolute atomic E-state index is 12.0. The van der Waals surface area contributed by atoms with Crippen LogP contribution in [0, 0.1) is 0 Å². The highest BCUT2D eigenvalue weighted by atomic mass is 16.4. The van der Waals surface area contributed by atoms with Crippen molar-refractivity contribution < 1.29 is 14.7 Å². The van der Waals surface area contributed by atoms with E-state index in [0.717, 1.165) is 0 Å². The molecule has 1 aromatic carbocycles. The van der Waals surface area contributed by atoms with Crippen LogP contribution in [0.3, 0.4) is 0 Å². The Kier molecular flexibility index (Phi) is 4.37. The highest BCUT2D eigenvalue weighted by Crippen LogP contribution is 2.27. The van der Waals surface area contributed by atoms with Gasteiger partial charge in [0.25, 0.3) is 0 Å². The third-order valence-corrected chi connectivity index (χ3v) is 3.40. The second-order valence-electron chi connectivity index (χ2n) is 4.99. The van der Waals surface area contributed by atoms with Crippen LogP contribution in [-0.4, -0.2) is 27.0 Å². The SMILES string of the molecule is CC(CC(=O)NCc1ncc[nH]1)(C(=O)O)c1ccccc1. The summed E-state index contributed by atoms with van der Waals surface area (Å²) in [6.45, 7) is 1.80. The number of hydrogen-bond acceptors (Lipinski definition) is 3. The average molecular weight is 287 g/mol. The van der Waals surface area contributed by atoms with E-state index in [0.29, 0.717) is 11.4 Å². The second-order valence-corrected chi connectivity index (χ2v) is 4.99. The maximum Gasteiger partial charge on any atom is 0.314 e. The number of H-pyrrole nitrogens is 1. The minimum atomic E-state index is -1.26. The van der Waals surface area contributed by atoms with E-state index in [2.05, 4.69) is 15.3 Å². The minimum Gasteiger partial charge on any atom is -0.481 e. The molecule has 0 spiro atoms. The van der Waals surface area contributed by atoms with Crippen LogP contribution >= 0.6 is 0 Å². The molecule has 1 unspecified atom stereocenters. The van der Waals surface area contributed by atoms with E-state index >= 15 is 0 Å². The van der Waals surface area contributed by atoms with Crippen LogP contribution in [0.5, 0.6) is 0 Å². The number of carbonyl (C=O) groups excluding carboxylic acids is 1. The van der Waals surface area contributed by atoms with Gasteiger partial charge in [0.05, 0.1) is 12.0 Å². The molecule has 6 nitrogen and oxygen atoms in total. The molecule has 2 rings (SSSR count). The number of carbonyl (C=O) groups is 2. The predicted octanol–water partition coefficient (Wildman–Crippen LogP) is 1.46. The molecule has 0 bridgehead atoms. The van der Waals surface area contributed by atoms with Crippen molar-refractivity contribution in [3.8, 4) is 0 Å².